The molecule has 0 aliphatic rings. The van der Waals surface area contributed by atoms with E-state index in [9.17, 15) is 5.11 Å². The summed E-state index contributed by atoms with van der Waals surface area (Å²) in [5, 5.41) is 18.6. The summed E-state index contributed by atoms with van der Waals surface area (Å²) in [6.07, 6.45) is 2.15. The Kier molecular flexibility index (Phi) is 6.39. The summed E-state index contributed by atoms with van der Waals surface area (Å²) in [4.78, 5) is 0. The maximum atomic E-state index is 9.24. The highest BCUT2D eigenvalue weighted by Crippen LogP contribution is 2.20. The maximum Gasteiger partial charge on any atom is 0.0648 e. The number of hydrogen-bond donors (Lipinski definition) is 2. The van der Waals surface area contributed by atoms with Gasteiger partial charge in [0.1, 0.15) is 0 Å². The van der Waals surface area contributed by atoms with Gasteiger partial charge in [0.2, 0.25) is 0 Å². The number of aromatic nitrogens is 2. The second-order valence-electron chi connectivity index (χ2n) is 6.56. The van der Waals surface area contributed by atoms with Crippen molar-refractivity contribution < 1.29 is 5.11 Å². The summed E-state index contributed by atoms with van der Waals surface area (Å²) in [6.45, 7) is 4.29. The third-order valence-electron chi connectivity index (χ3n) is 4.56. The van der Waals surface area contributed by atoms with Gasteiger partial charge in [-0.25, -0.2) is 4.68 Å². The Hall–Kier alpha value is -2.92. The van der Waals surface area contributed by atoms with Crippen LogP contribution in [0.2, 0.25) is 0 Å². The van der Waals surface area contributed by atoms with Gasteiger partial charge in [0.15, 0.2) is 0 Å². The van der Waals surface area contributed by atoms with Crippen LogP contribution in [0.5, 0.6) is 0 Å². The number of nitrogens with zero attached hydrogens (tertiary/aromatic N) is 3. The molecule has 0 aliphatic carbocycles. The van der Waals surface area contributed by atoms with Crippen molar-refractivity contribution in [2.45, 2.75) is 33.1 Å². The zero-order valence-corrected chi connectivity index (χ0v) is 15.9. The molecular formula is C22H26N4O. The molecule has 0 unspecified atom stereocenters. The van der Waals surface area contributed by atoms with E-state index in [1.165, 1.54) is 5.56 Å². The Balaban J connectivity index is 1.84. The number of nitrogens with one attached hydrogen (secondary N) is 1. The van der Waals surface area contributed by atoms with Gasteiger partial charge in [0.05, 0.1) is 17.1 Å². The molecule has 0 aliphatic heterocycles. The van der Waals surface area contributed by atoms with Crippen LogP contribution in [0.1, 0.15) is 29.8 Å². The topological polar surface area (TPSA) is 62.4 Å². The van der Waals surface area contributed by atoms with Crippen molar-refractivity contribution in [1.82, 2.24) is 9.78 Å². The predicted octanol–water partition coefficient (Wildman–Crippen LogP) is 4.27. The van der Waals surface area contributed by atoms with Gasteiger partial charge in [-0.1, -0.05) is 36.4 Å². The standard InChI is InChI=1S/C22H26N4O/c1-17-22(18(2)26(25-17)21-13-7-4-8-14-21)16-20(12-9-15-27)24-23-19-10-5-3-6-11-19/h3-8,10-11,13-14,23,27H,9,12,15-16H2,1-2H3. The smallest absolute Gasteiger partial charge is 0.0648 e. The van der Waals surface area contributed by atoms with Crippen molar-refractivity contribution in [3.63, 3.8) is 0 Å². The highest BCUT2D eigenvalue weighted by molar-refractivity contribution is 5.87. The first-order valence-electron chi connectivity index (χ1n) is 9.27. The van der Waals surface area contributed by atoms with E-state index >= 15 is 0 Å². The first-order chi connectivity index (χ1) is 13.2. The molecule has 2 aromatic carbocycles. The molecule has 27 heavy (non-hydrogen) atoms. The number of aliphatic hydroxyl groups is 1. The van der Waals surface area contributed by atoms with E-state index < -0.39 is 0 Å². The summed E-state index contributed by atoms with van der Waals surface area (Å²) in [7, 11) is 0. The Bertz CT molecular complexity index is 885. The Morgan fingerprint density at radius 1 is 1.04 bits per heavy atom. The van der Waals surface area contributed by atoms with Crippen LogP contribution < -0.4 is 5.43 Å². The molecule has 0 radical (unpaired) electrons. The molecule has 5 heteroatoms. The fraction of sp³-hybridized carbons (Fsp3) is 0.273. The Morgan fingerprint density at radius 2 is 1.70 bits per heavy atom. The van der Waals surface area contributed by atoms with E-state index in [4.69, 9.17) is 5.10 Å². The number of hydrogen-bond acceptors (Lipinski definition) is 4. The lowest BCUT2D eigenvalue weighted by molar-refractivity contribution is 0.291. The van der Waals surface area contributed by atoms with E-state index in [1.54, 1.807) is 0 Å². The molecule has 0 fully saturated rings. The highest BCUT2D eigenvalue weighted by Gasteiger charge is 2.15. The summed E-state index contributed by atoms with van der Waals surface area (Å²) in [5.74, 6) is 0. The van der Waals surface area contributed by atoms with Gasteiger partial charge < -0.3 is 5.11 Å². The lowest BCUT2D eigenvalue weighted by atomic mass is 10.0. The van der Waals surface area contributed by atoms with Crippen LogP contribution in [0.15, 0.2) is 65.8 Å². The number of anilines is 1. The van der Waals surface area contributed by atoms with Crippen molar-refractivity contribution in [3.8, 4) is 5.69 Å². The normalized spacial score (nSPS) is 11.6. The van der Waals surface area contributed by atoms with E-state index in [0.717, 1.165) is 34.9 Å². The molecule has 5 nitrogen and oxygen atoms in total. The predicted molar refractivity (Wildman–Crippen MR) is 111 cm³/mol. The molecule has 2 N–H and O–H groups in total. The van der Waals surface area contributed by atoms with Crippen molar-refractivity contribution in [1.29, 1.82) is 0 Å². The van der Waals surface area contributed by atoms with Crippen LogP contribution in [-0.4, -0.2) is 27.2 Å². The van der Waals surface area contributed by atoms with Crippen LogP contribution >= 0.6 is 0 Å². The minimum Gasteiger partial charge on any atom is -0.396 e. The third kappa shape index (κ3) is 4.83. The minimum atomic E-state index is 0.158. The molecule has 3 rings (SSSR count). The van der Waals surface area contributed by atoms with E-state index in [0.29, 0.717) is 12.8 Å². The molecule has 3 aromatic rings. The Labute approximate surface area is 160 Å². The zero-order valence-electron chi connectivity index (χ0n) is 15.9. The lowest BCUT2D eigenvalue weighted by Crippen LogP contribution is -2.09. The molecule has 0 bridgehead atoms. The van der Waals surface area contributed by atoms with Crippen LogP contribution in [-0.2, 0) is 6.42 Å². The third-order valence-corrected chi connectivity index (χ3v) is 4.56. The first kappa shape index (κ1) is 18.9. The largest absolute Gasteiger partial charge is 0.396 e. The molecular weight excluding hydrogens is 336 g/mol. The van der Waals surface area contributed by atoms with Crippen LogP contribution in [0, 0.1) is 13.8 Å². The van der Waals surface area contributed by atoms with Gasteiger partial charge in [-0.2, -0.15) is 10.2 Å². The van der Waals surface area contributed by atoms with Crippen molar-refractivity contribution >= 4 is 11.4 Å². The minimum absolute atomic E-state index is 0.158. The van der Waals surface area contributed by atoms with E-state index in [-0.39, 0.29) is 6.61 Å². The van der Waals surface area contributed by atoms with Crippen LogP contribution in [0.3, 0.4) is 0 Å². The molecule has 1 aromatic heterocycles. The maximum absolute atomic E-state index is 9.24. The van der Waals surface area contributed by atoms with E-state index in [2.05, 4.69) is 29.6 Å². The number of hydrazone groups is 1. The average molecular weight is 362 g/mol. The first-order valence-corrected chi connectivity index (χ1v) is 9.27. The van der Waals surface area contributed by atoms with Crippen molar-refractivity contribution in [2.24, 2.45) is 5.10 Å². The molecule has 0 saturated heterocycles. The number of aliphatic hydroxyl groups excluding tert-OH is 1. The summed E-state index contributed by atoms with van der Waals surface area (Å²) in [5.41, 5.74) is 9.46. The van der Waals surface area contributed by atoms with Gasteiger partial charge in [-0.05, 0) is 51.0 Å². The van der Waals surface area contributed by atoms with Gasteiger partial charge in [0, 0.05) is 30.0 Å². The summed E-state index contributed by atoms with van der Waals surface area (Å²) >= 11 is 0. The second kappa shape index (κ2) is 9.14. The molecule has 0 atom stereocenters. The zero-order chi connectivity index (χ0) is 19.1. The SMILES string of the molecule is Cc1nn(-c2ccccc2)c(C)c1CC(CCCO)=NNc1ccccc1. The Morgan fingerprint density at radius 3 is 2.37 bits per heavy atom. The summed E-state index contributed by atoms with van der Waals surface area (Å²) in [6, 6.07) is 20.0. The monoisotopic (exact) mass is 362 g/mol. The molecule has 1 heterocycles. The number of rotatable bonds is 8. The quantitative estimate of drug-likeness (QED) is 0.465. The van der Waals surface area contributed by atoms with Crippen molar-refractivity contribution in [3.05, 3.63) is 77.6 Å². The fourth-order valence-corrected chi connectivity index (χ4v) is 3.08. The van der Waals surface area contributed by atoms with Crippen LogP contribution in [0.4, 0.5) is 5.69 Å². The second-order valence-corrected chi connectivity index (χ2v) is 6.56. The molecule has 140 valence electrons. The number of para-hydroxylation sites is 2. The van der Waals surface area contributed by atoms with Gasteiger partial charge in [-0.3, -0.25) is 5.43 Å². The van der Waals surface area contributed by atoms with Crippen molar-refractivity contribution in [2.75, 3.05) is 12.0 Å². The molecule has 0 amide bonds. The average Bonchev–Trinajstić information content (AvgIpc) is 2.99. The molecule has 0 saturated carbocycles. The number of benzene rings is 2. The highest BCUT2D eigenvalue weighted by atomic mass is 16.2. The van der Waals surface area contributed by atoms with Gasteiger partial charge in [0.25, 0.3) is 0 Å². The molecule has 0 spiro atoms. The van der Waals surface area contributed by atoms with Gasteiger partial charge in [-0.15, -0.1) is 0 Å². The summed E-state index contributed by atoms with van der Waals surface area (Å²) < 4.78 is 1.99. The van der Waals surface area contributed by atoms with Gasteiger partial charge >= 0.3 is 0 Å². The lowest BCUT2D eigenvalue weighted by Gasteiger charge is -2.09. The number of aryl methyl sites for hydroxylation is 1. The van der Waals surface area contributed by atoms with Crippen LogP contribution in [0.25, 0.3) is 5.69 Å². The van der Waals surface area contributed by atoms with E-state index in [1.807, 2.05) is 60.1 Å². The fourth-order valence-electron chi connectivity index (χ4n) is 3.08.